The summed E-state index contributed by atoms with van der Waals surface area (Å²) < 4.78 is 5.53. The number of benzene rings is 1. The fourth-order valence-electron chi connectivity index (χ4n) is 2.60. The maximum Gasteiger partial charge on any atom is 0.282 e. The fourth-order valence-corrected chi connectivity index (χ4v) is 3.40. The van der Waals surface area contributed by atoms with Crippen LogP contribution >= 0.6 is 11.3 Å². The van der Waals surface area contributed by atoms with Gasteiger partial charge in [0.2, 0.25) is 5.01 Å². The number of ether oxygens (including phenoxy) is 1. The van der Waals surface area contributed by atoms with Crippen LogP contribution in [-0.4, -0.2) is 46.8 Å². The molecule has 1 unspecified atom stereocenters. The molecule has 1 aliphatic heterocycles. The van der Waals surface area contributed by atoms with E-state index in [9.17, 15) is 4.79 Å². The standard InChI is InChI=1S/C17H22N4O2S/c1-12-3-5-14(6-4-12)9-18-16(22)17-20-19-15(24-17)11-21-7-8-23-13(2)10-21/h3-6,13H,7-11H2,1-2H3,(H,18,22). The minimum absolute atomic E-state index is 0.172. The number of rotatable bonds is 5. The van der Waals surface area contributed by atoms with Gasteiger partial charge in [-0.3, -0.25) is 9.69 Å². The van der Waals surface area contributed by atoms with Gasteiger partial charge in [-0.2, -0.15) is 0 Å². The Morgan fingerprint density at radius 1 is 1.38 bits per heavy atom. The van der Waals surface area contributed by atoms with Gasteiger partial charge in [0, 0.05) is 19.6 Å². The SMILES string of the molecule is Cc1ccc(CNC(=O)c2nnc(CN3CCOC(C)C3)s2)cc1. The van der Waals surface area contributed by atoms with Crippen LogP contribution in [0.3, 0.4) is 0 Å². The van der Waals surface area contributed by atoms with Crippen LogP contribution in [0.5, 0.6) is 0 Å². The van der Waals surface area contributed by atoms with Crippen molar-refractivity contribution >= 4 is 17.2 Å². The Kier molecular flexibility index (Phi) is 5.55. The number of hydrogen-bond donors (Lipinski definition) is 1. The van der Waals surface area contributed by atoms with Crippen molar-refractivity contribution in [1.29, 1.82) is 0 Å². The molecule has 0 radical (unpaired) electrons. The first-order valence-electron chi connectivity index (χ1n) is 8.10. The number of amides is 1. The molecule has 1 aromatic carbocycles. The minimum Gasteiger partial charge on any atom is -0.376 e. The molecule has 0 bridgehead atoms. The molecule has 1 aromatic heterocycles. The fraction of sp³-hybridized carbons (Fsp3) is 0.471. The molecule has 7 heteroatoms. The summed E-state index contributed by atoms with van der Waals surface area (Å²) in [4.78, 5) is 14.5. The lowest BCUT2D eigenvalue weighted by Gasteiger charge is -2.30. The largest absolute Gasteiger partial charge is 0.376 e. The van der Waals surface area contributed by atoms with Crippen LogP contribution in [0.1, 0.15) is 32.9 Å². The number of aryl methyl sites for hydroxylation is 1. The molecule has 24 heavy (non-hydrogen) atoms. The first kappa shape index (κ1) is 17.0. The molecule has 0 spiro atoms. The van der Waals surface area contributed by atoms with E-state index in [1.165, 1.54) is 16.9 Å². The Morgan fingerprint density at radius 3 is 2.92 bits per heavy atom. The molecule has 128 valence electrons. The van der Waals surface area contributed by atoms with Gasteiger partial charge < -0.3 is 10.1 Å². The van der Waals surface area contributed by atoms with Gasteiger partial charge in [0.25, 0.3) is 5.91 Å². The lowest BCUT2D eigenvalue weighted by atomic mass is 10.1. The number of nitrogens with zero attached hydrogens (tertiary/aromatic N) is 3. The van der Waals surface area contributed by atoms with Crippen molar-refractivity contribution in [3.05, 3.63) is 45.4 Å². The van der Waals surface area contributed by atoms with Gasteiger partial charge in [-0.25, -0.2) is 0 Å². The zero-order valence-corrected chi connectivity index (χ0v) is 14.8. The van der Waals surface area contributed by atoms with E-state index in [-0.39, 0.29) is 12.0 Å². The summed E-state index contributed by atoms with van der Waals surface area (Å²) in [6.07, 6.45) is 0.240. The zero-order chi connectivity index (χ0) is 16.9. The number of hydrogen-bond acceptors (Lipinski definition) is 6. The predicted octanol–water partition coefficient (Wildman–Crippen LogP) is 2.00. The molecule has 2 heterocycles. The van der Waals surface area contributed by atoms with Crippen molar-refractivity contribution in [2.75, 3.05) is 19.7 Å². The van der Waals surface area contributed by atoms with Crippen molar-refractivity contribution in [1.82, 2.24) is 20.4 Å². The van der Waals surface area contributed by atoms with Crippen LogP contribution < -0.4 is 5.32 Å². The zero-order valence-electron chi connectivity index (χ0n) is 14.0. The topological polar surface area (TPSA) is 67.4 Å². The quantitative estimate of drug-likeness (QED) is 0.897. The Labute approximate surface area is 145 Å². The highest BCUT2D eigenvalue weighted by Gasteiger charge is 2.19. The normalized spacial score (nSPS) is 18.5. The van der Waals surface area contributed by atoms with E-state index in [0.29, 0.717) is 11.6 Å². The van der Waals surface area contributed by atoms with Crippen LogP contribution in [0.25, 0.3) is 0 Å². The lowest BCUT2D eigenvalue weighted by molar-refractivity contribution is -0.0212. The van der Waals surface area contributed by atoms with Crippen LogP contribution in [0.2, 0.25) is 0 Å². The second-order valence-electron chi connectivity index (χ2n) is 6.09. The van der Waals surface area contributed by atoms with Crippen LogP contribution in [0.15, 0.2) is 24.3 Å². The highest BCUT2D eigenvalue weighted by Crippen LogP contribution is 2.15. The summed E-state index contributed by atoms with van der Waals surface area (Å²) in [5.74, 6) is -0.172. The lowest BCUT2D eigenvalue weighted by Crippen LogP contribution is -2.40. The third-order valence-corrected chi connectivity index (χ3v) is 4.83. The maximum absolute atomic E-state index is 12.2. The number of morpholine rings is 1. The van der Waals surface area contributed by atoms with Gasteiger partial charge in [0.05, 0.1) is 19.3 Å². The molecule has 1 atom stereocenters. The van der Waals surface area contributed by atoms with Gasteiger partial charge in [0.1, 0.15) is 5.01 Å². The molecule has 1 amide bonds. The Bertz CT molecular complexity index is 686. The Morgan fingerprint density at radius 2 is 2.17 bits per heavy atom. The van der Waals surface area contributed by atoms with Gasteiger partial charge in [0.15, 0.2) is 0 Å². The summed E-state index contributed by atoms with van der Waals surface area (Å²) in [7, 11) is 0. The summed E-state index contributed by atoms with van der Waals surface area (Å²) >= 11 is 1.36. The van der Waals surface area contributed by atoms with Crippen molar-refractivity contribution in [3.8, 4) is 0 Å². The second kappa shape index (κ2) is 7.83. The molecular formula is C17H22N4O2S. The molecule has 0 saturated carbocycles. The highest BCUT2D eigenvalue weighted by molar-refractivity contribution is 7.13. The van der Waals surface area contributed by atoms with Gasteiger partial charge in [-0.05, 0) is 19.4 Å². The smallest absolute Gasteiger partial charge is 0.282 e. The van der Waals surface area contributed by atoms with Crippen LogP contribution in [-0.2, 0) is 17.8 Å². The summed E-state index contributed by atoms with van der Waals surface area (Å²) in [6.45, 7) is 7.83. The molecule has 1 saturated heterocycles. The van der Waals surface area contributed by atoms with E-state index < -0.39 is 0 Å². The first-order chi connectivity index (χ1) is 11.6. The summed E-state index contributed by atoms with van der Waals surface area (Å²) in [6, 6.07) is 8.10. The second-order valence-corrected chi connectivity index (χ2v) is 7.15. The summed E-state index contributed by atoms with van der Waals surface area (Å²) in [5.41, 5.74) is 2.28. The van der Waals surface area contributed by atoms with Crippen LogP contribution in [0.4, 0.5) is 0 Å². The Hall–Kier alpha value is -1.83. The van der Waals surface area contributed by atoms with Crippen molar-refractivity contribution in [2.24, 2.45) is 0 Å². The number of aromatic nitrogens is 2. The Balaban J connectivity index is 1.52. The third kappa shape index (κ3) is 4.59. The molecule has 3 rings (SSSR count). The average molecular weight is 346 g/mol. The van der Waals surface area contributed by atoms with Gasteiger partial charge in [-0.1, -0.05) is 41.2 Å². The highest BCUT2D eigenvalue weighted by atomic mass is 32.1. The molecular weight excluding hydrogens is 324 g/mol. The minimum atomic E-state index is -0.172. The van der Waals surface area contributed by atoms with Gasteiger partial charge in [-0.15, -0.1) is 10.2 Å². The number of nitrogens with one attached hydrogen (secondary N) is 1. The van der Waals surface area contributed by atoms with E-state index in [4.69, 9.17) is 4.74 Å². The molecule has 1 fully saturated rings. The van der Waals surface area contributed by atoms with E-state index in [1.807, 2.05) is 31.2 Å². The van der Waals surface area contributed by atoms with E-state index in [1.54, 1.807) is 0 Å². The first-order valence-corrected chi connectivity index (χ1v) is 8.92. The maximum atomic E-state index is 12.2. The van der Waals surface area contributed by atoms with Crippen LogP contribution in [0, 0.1) is 6.92 Å². The van der Waals surface area contributed by atoms with Crippen molar-refractivity contribution in [2.45, 2.75) is 33.0 Å². The van der Waals surface area contributed by atoms with E-state index in [0.717, 1.165) is 36.8 Å². The molecule has 1 aliphatic rings. The van der Waals surface area contributed by atoms with E-state index in [2.05, 4.69) is 27.3 Å². The molecule has 6 nitrogen and oxygen atoms in total. The van der Waals surface area contributed by atoms with Crippen molar-refractivity contribution < 1.29 is 9.53 Å². The monoisotopic (exact) mass is 346 g/mol. The van der Waals surface area contributed by atoms with Gasteiger partial charge >= 0.3 is 0 Å². The van der Waals surface area contributed by atoms with E-state index >= 15 is 0 Å². The number of carbonyl (C=O) groups is 1. The molecule has 1 N–H and O–H groups in total. The molecule has 2 aromatic rings. The van der Waals surface area contributed by atoms with Crippen molar-refractivity contribution in [3.63, 3.8) is 0 Å². The predicted molar refractivity (Wildman–Crippen MR) is 92.9 cm³/mol. The third-order valence-electron chi connectivity index (χ3n) is 3.92. The average Bonchev–Trinajstić information content (AvgIpc) is 3.03. The number of carbonyl (C=O) groups excluding carboxylic acids is 1. The molecule has 0 aliphatic carbocycles. The summed E-state index contributed by atoms with van der Waals surface area (Å²) in [5, 5.41) is 12.3.